The average molecular weight is 453 g/mol. The number of hydrogen-bond acceptors (Lipinski definition) is 4. The smallest absolute Gasteiger partial charge is 0.261 e. The van der Waals surface area contributed by atoms with Crippen molar-refractivity contribution in [2.24, 2.45) is 0 Å². The van der Waals surface area contributed by atoms with E-state index in [1.165, 1.54) is 62.4 Å². The van der Waals surface area contributed by atoms with Crippen molar-refractivity contribution in [1.82, 2.24) is 5.32 Å². The summed E-state index contributed by atoms with van der Waals surface area (Å²) in [4.78, 5) is 12.6. The number of thioether (sulfide) groups is 1. The van der Waals surface area contributed by atoms with E-state index in [1.807, 2.05) is 11.8 Å². The lowest BCUT2D eigenvalue weighted by Crippen LogP contribution is -2.26. The van der Waals surface area contributed by atoms with Gasteiger partial charge in [0.15, 0.2) is 0 Å². The summed E-state index contributed by atoms with van der Waals surface area (Å²) in [6.45, 7) is 0.582. The molecule has 3 rings (SSSR count). The maximum atomic E-state index is 12.4. The predicted octanol–water partition coefficient (Wildman–Crippen LogP) is 4.94. The summed E-state index contributed by atoms with van der Waals surface area (Å²) < 4.78 is 27.3. The predicted molar refractivity (Wildman–Crippen MR) is 120 cm³/mol. The van der Waals surface area contributed by atoms with E-state index in [1.54, 1.807) is 18.2 Å². The fourth-order valence-corrected chi connectivity index (χ4v) is 5.85. The Balaban J connectivity index is 1.54. The number of anilines is 1. The van der Waals surface area contributed by atoms with Gasteiger partial charge in [-0.25, -0.2) is 8.42 Å². The number of nitrogens with one attached hydrogen (secondary N) is 2. The average Bonchev–Trinajstić information content (AvgIpc) is 2.72. The Morgan fingerprint density at radius 1 is 1.07 bits per heavy atom. The van der Waals surface area contributed by atoms with Crippen molar-refractivity contribution in [3.8, 4) is 0 Å². The standard InChI is InChI=1S/C21H25ClN2O3S2/c22-20-15-16(24-29(26,27)18-9-5-2-6-10-18)11-12-19(20)21(25)23-13-14-28-17-7-3-1-4-8-17/h2,5-6,9-12,15,17,24H,1,3-4,7-8,13-14H2,(H,23,25). The van der Waals surface area contributed by atoms with E-state index in [9.17, 15) is 13.2 Å². The molecule has 0 bridgehead atoms. The van der Waals surface area contributed by atoms with Gasteiger partial charge in [-0.3, -0.25) is 9.52 Å². The third kappa shape index (κ3) is 6.39. The Hall–Kier alpha value is -1.70. The molecule has 2 N–H and O–H groups in total. The van der Waals surface area contributed by atoms with Crippen LogP contribution in [0.15, 0.2) is 53.4 Å². The fraction of sp³-hybridized carbons (Fsp3) is 0.381. The van der Waals surface area contributed by atoms with Crippen LogP contribution in [0.2, 0.25) is 5.02 Å². The van der Waals surface area contributed by atoms with E-state index in [4.69, 9.17) is 11.6 Å². The molecule has 1 amide bonds. The molecule has 0 spiro atoms. The molecule has 1 fully saturated rings. The first-order valence-corrected chi connectivity index (χ1v) is 12.6. The first-order chi connectivity index (χ1) is 14.0. The Labute approximate surface area is 181 Å². The van der Waals surface area contributed by atoms with Gasteiger partial charge in [0.2, 0.25) is 0 Å². The van der Waals surface area contributed by atoms with E-state index in [0.717, 1.165) is 5.75 Å². The zero-order chi connectivity index (χ0) is 20.7. The van der Waals surface area contributed by atoms with Crippen molar-refractivity contribution < 1.29 is 13.2 Å². The zero-order valence-electron chi connectivity index (χ0n) is 16.1. The molecule has 0 aromatic heterocycles. The fourth-order valence-electron chi connectivity index (χ4n) is 3.29. The molecule has 156 valence electrons. The molecule has 2 aromatic rings. The quantitative estimate of drug-likeness (QED) is 0.556. The topological polar surface area (TPSA) is 75.3 Å². The molecule has 1 aliphatic carbocycles. The van der Waals surface area contributed by atoms with Gasteiger partial charge in [0.25, 0.3) is 15.9 Å². The Morgan fingerprint density at radius 2 is 1.79 bits per heavy atom. The molecule has 1 aliphatic rings. The lowest BCUT2D eigenvalue weighted by molar-refractivity contribution is 0.0956. The summed E-state index contributed by atoms with van der Waals surface area (Å²) in [6, 6.07) is 12.6. The van der Waals surface area contributed by atoms with E-state index in [0.29, 0.717) is 23.0 Å². The largest absolute Gasteiger partial charge is 0.351 e. The van der Waals surface area contributed by atoms with Crippen LogP contribution in [0.1, 0.15) is 42.5 Å². The second-order valence-electron chi connectivity index (χ2n) is 7.00. The van der Waals surface area contributed by atoms with Gasteiger partial charge in [0.05, 0.1) is 21.2 Å². The highest BCUT2D eigenvalue weighted by molar-refractivity contribution is 7.99. The summed E-state index contributed by atoms with van der Waals surface area (Å²) in [5.74, 6) is 0.625. The van der Waals surface area contributed by atoms with Crippen molar-refractivity contribution in [3.05, 3.63) is 59.1 Å². The number of amides is 1. The molecule has 0 heterocycles. The van der Waals surface area contributed by atoms with Crippen LogP contribution >= 0.6 is 23.4 Å². The van der Waals surface area contributed by atoms with Crippen LogP contribution in [0, 0.1) is 0 Å². The molecule has 0 saturated heterocycles. The maximum absolute atomic E-state index is 12.4. The molecule has 0 aliphatic heterocycles. The summed E-state index contributed by atoms with van der Waals surface area (Å²) in [5, 5.41) is 3.80. The number of carbonyl (C=O) groups is 1. The summed E-state index contributed by atoms with van der Waals surface area (Å²) in [7, 11) is -3.70. The SMILES string of the molecule is O=C(NCCSC1CCCCC1)c1ccc(NS(=O)(=O)c2ccccc2)cc1Cl. The van der Waals surface area contributed by atoms with Gasteiger partial charge in [0.1, 0.15) is 0 Å². The monoisotopic (exact) mass is 452 g/mol. The van der Waals surface area contributed by atoms with Gasteiger partial charge in [-0.1, -0.05) is 49.1 Å². The van der Waals surface area contributed by atoms with Crippen LogP contribution < -0.4 is 10.0 Å². The Kier molecular flexibility index (Phi) is 7.86. The summed E-state index contributed by atoms with van der Waals surface area (Å²) in [5.41, 5.74) is 0.639. The van der Waals surface area contributed by atoms with Crippen LogP contribution in [-0.4, -0.2) is 31.9 Å². The number of benzene rings is 2. The van der Waals surface area contributed by atoms with Crippen LogP contribution in [-0.2, 0) is 10.0 Å². The zero-order valence-corrected chi connectivity index (χ0v) is 18.5. The third-order valence-corrected chi connectivity index (χ3v) is 7.91. The van der Waals surface area contributed by atoms with Gasteiger partial charge in [-0.15, -0.1) is 0 Å². The van der Waals surface area contributed by atoms with Crippen LogP contribution in [0.25, 0.3) is 0 Å². The normalized spacial score (nSPS) is 15.1. The van der Waals surface area contributed by atoms with Crippen molar-refractivity contribution >= 4 is 45.0 Å². The molecule has 5 nitrogen and oxygen atoms in total. The minimum atomic E-state index is -3.70. The number of halogens is 1. The molecular formula is C21H25ClN2O3S2. The van der Waals surface area contributed by atoms with Crippen LogP contribution in [0.5, 0.6) is 0 Å². The molecule has 29 heavy (non-hydrogen) atoms. The highest BCUT2D eigenvalue weighted by Crippen LogP contribution is 2.28. The minimum Gasteiger partial charge on any atom is -0.351 e. The van der Waals surface area contributed by atoms with E-state index >= 15 is 0 Å². The summed E-state index contributed by atoms with van der Waals surface area (Å²) in [6.07, 6.45) is 6.49. The highest BCUT2D eigenvalue weighted by atomic mass is 35.5. The Morgan fingerprint density at radius 3 is 2.48 bits per heavy atom. The number of carbonyl (C=O) groups excluding carboxylic acids is 1. The number of hydrogen-bond donors (Lipinski definition) is 2. The minimum absolute atomic E-state index is 0.161. The van der Waals surface area contributed by atoms with Crippen molar-refractivity contribution in [3.63, 3.8) is 0 Å². The van der Waals surface area contributed by atoms with Gasteiger partial charge >= 0.3 is 0 Å². The van der Waals surface area contributed by atoms with Crippen LogP contribution in [0.4, 0.5) is 5.69 Å². The van der Waals surface area contributed by atoms with Crippen LogP contribution in [0.3, 0.4) is 0 Å². The lowest BCUT2D eigenvalue weighted by atomic mass is 10.0. The third-order valence-electron chi connectivity index (χ3n) is 4.81. The number of sulfonamides is 1. The van der Waals surface area contributed by atoms with Gasteiger partial charge in [-0.05, 0) is 43.2 Å². The Bertz CT molecular complexity index is 930. The molecule has 0 unspecified atom stereocenters. The molecule has 8 heteroatoms. The molecule has 0 radical (unpaired) electrons. The van der Waals surface area contributed by atoms with Gasteiger partial charge in [0, 0.05) is 17.5 Å². The maximum Gasteiger partial charge on any atom is 0.261 e. The van der Waals surface area contributed by atoms with E-state index < -0.39 is 10.0 Å². The second kappa shape index (κ2) is 10.4. The number of rotatable bonds is 8. The first-order valence-electron chi connectivity index (χ1n) is 9.73. The molecule has 1 saturated carbocycles. The van der Waals surface area contributed by atoms with Crippen molar-refractivity contribution in [2.45, 2.75) is 42.2 Å². The van der Waals surface area contributed by atoms with Crippen molar-refractivity contribution in [1.29, 1.82) is 0 Å². The van der Waals surface area contributed by atoms with Crippen molar-refractivity contribution in [2.75, 3.05) is 17.0 Å². The second-order valence-corrected chi connectivity index (χ2v) is 10.5. The molecular weight excluding hydrogens is 428 g/mol. The first kappa shape index (κ1) is 22.0. The highest BCUT2D eigenvalue weighted by Gasteiger charge is 2.17. The van der Waals surface area contributed by atoms with E-state index in [2.05, 4.69) is 10.0 Å². The lowest BCUT2D eigenvalue weighted by Gasteiger charge is -2.20. The van der Waals surface area contributed by atoms with Gasteiger partial charge < -0.3 is 5.32 Å². The summed E-state index contributed by atoms with van der Waals surface area (Å²) >= 11 is 8.15. The molecule has 2 aromatic carbocycles. The van der Waals surface area contributed by atoms with E-state index in [-0.39, 0.29) is 15.8 Å². The van der Waals surface area contributed by atoms with Gasteiger partial charge in [-0.2, -0.15) is 11.8 Å². The molecule has 0 atom stereocenters.